The number of allylic oxidation sites excluding steroid dienone is 2. The Hall–Kier alpha value is -3.54. The van der Waals surface area contributed by atoms with Crippen LogP contribution in [0.3, 0.4) is 0 Å². The number of hydrogen-bond donors (Lipinski definition) is 14. The van der Waals surface area contributed by atoms with Gasteiger partial charge in [0.25, 0.3) is 0 Å². The highest BCUT2D eigenvalue weighted by Crippen LogP contribution is 2.79. The number of carbonyl (C=O) groups excluding carboxylic acids is 1. The molecule has 0 aromatic carbocycles. The summed E-state index contributed by atoms with van der Waals surface area (Å²) in [6.07, 6.45) is 2.39. The Morgan fingerprint density at radius 3 is 2.34 bits per heavy atom. The van der Waals surface area contributed by atoms with Crippen molar-refractivity contribution >= 4 is 17.7 Å². The van der Waals surface area contributed by atoms with Gasteiger partial charge in [0, 0.05) is 48.8 Å². The maximum atomic E-state index is 15.0. The van der Waals surface area contributed by atoms with Gasteiger partial charge < -0.3 is 81.8 Å². The number of H-pyrrole nitrogens is 2. The zero-order valence-electron chi connectivity index (χ0n) is 44.8. The number of aromatic nitrogens is 4. The summed E-state index contributed by atoms with van der Waals surface area (Å²) in [5.41, 5.74) is 2.70. The molecule has 6 aliphatic carbocycles. The number of hydrogen-bond acceptors (Lipinski definition) is 16. The van der Waals surface area contributed by atoms with Crippen LogP contribution in [0.1, 0.15) is 129 Å². The molecule has 23 atom stereocenters. The minimum atomic E-state index is -1.69. The highest BCUT2D eigenvalue weighted by Gasteiger charge is 2.77. The number of anilines is 1. The van der Waals surface area contributed by atoms with Crippen molar-refractivity contribution in [2.75, 3.05) is 31.7 Å². The lowest BCUT2D eigenvalue weighted by Gasteiger charge is -2.75. The van der Waals surface area contributed by atoms with Gasteiger partial charge in [0.15, 0.2) is 6.29 Å². The number of nitrogens with zero attached hydrogens (tertiary/aromatic N) is 2. The standard InChI is InChI=1S/C56H85N7O13/c1-50(23-64)14-15-56(49(73)74)31(19-50)27-8-9-38-52(3,54(27,5)28-17-33-46(62-26-61-33)59-20-32(28)56)13-10-37-51(2,24-65)45(76-47-44(71)43(70)36(67)22-75-47)42(69)30(53(37,38)4)16-29-41(63-48(72)55(29)11-6-7-12-55)40(34-21-58-25-60-34)35(66)18-39(57)68/h8,21,25-26,28-32,35-45,47,59,64-71H,6-7,9-20,22-24,57H2,1-5H3,(H,58,60)(H,61,62)(H,63,72)(H,73,74). The van der Waals surface area contributed by atoms with Gasteiger partial charge in [0.1, 0.15) is 30.4 Å². The summed E-state index contributed by atoms with van der Waals surface area (Å²) in [5, 5.41) is 111. The molecule has 2 saturated heterocycles. The van der Waals surface area contributed by atoms with Crippen molar-refractivity contribution in [2.24, 2.45) is 85.1 Å². The molecule has 1 amide bonds. The Bertz CT molecular complexity index is 2520. The van der Waals surface area contributed by atoms with Gasteiger partial charge in [-0.3, -0.25) is 9.59 Å². The minimum absolute atomic E-state index is 0.0687. The number of imidazole rings is 2. The number of amides is 1. The normalized spacial score (nSPS) is 47.6. The predicted molar refractivity (Wildman–Crippen MR) is 274 cm³/mol. The Morgan fingerprint density at radius 1 is 0.921 bits per heavy atom. The van der Waals surface area contributed by atoms with Crippen LogP contribution in [0.4, 0.5) is 5.82 Å². The first-order valence-electron chi connectivity index (χ1n) is 28.3. The van der Waals surface area contributed by atoms with Crippen molar-refractivity contribution < 1.29 is 65.0 Å². The van der Waals surface area contributed by atoms with Gasteiger partial charge in [-0.25, -0.2) is 9.97 Å². The maximum Gasteiger partial charge on any atom is 0.310 e. The lowest BCUT2D eigenvalue weighted by atomic mass is 9.29. The number of carboxylic acids is 1. The average molecular weight is 1060 g/mol. The third kappa shape index (κ3) is 7.53. The average Bonchev–Trinajstić information content (AvgIpc) is 4.32. The molecule has 15 N–H and O–H groups in total. The zero-order valence-corrected chi connectivity index (χ0v) is 44.8. The van der Waals surface area contributed by atoms with Gasteiger partial charge in [-0.05, 0) is 127 Å². The second-order valence-corrected chi connectivity index (χ2v) is 26.8. The summed E-state index contributed by atoms with van der Waals surface area (Å²) in [6, 6.07) is -0.720. The van der Waals surface area contributed by atoms with E-state index in [1.54, 1.807) is 12.5 Å². The molecule has 9 aliphatic rings. The second-order valence-electron chi connectivity index (χ2n) is 26.8. The van der Waals surface area contributed by atoms with Crippen molar-refractivity contribution in [1.82, 2.24) is 25.3 Å². The molecule has 5 heterocycles. The number of nitrogens with two attached hydrogens (primary N) is 1. The Kier molecular flexibility index (Phi) is 13.6. The van der Waals surface area contributed by atoms with Crippen LogP contribution < -0.4 is 16.4 Å². The van der Waals surface area contributed by atoms with Crippen molar-refractivity contribution in [3.8, 4) is 0 Å². The monoisotopic (exact) mass is 1060 g/mol. The first kappa shape index (κ1) is 54.4. The summed E-state index contributed by atoms with van der Waals surface area (Å²) in [4.78, 5) is 45.0. The van der Waals surface area contributed by atoms with E-state index in [2.05, 4.69) is 64.3 Å². The van der Waals surface area contributed by atoms with E-state index in [1.807, 2.05) is 6.92 Å². The number of aliphatic hydroxyl groups excluding tert-OH is 8. The topological polar surface area (TPSA) is 342 Å². The molecule has 2 aromatic rings. The van der Waals surface area contributed by atoms with Gasteiger partial charge in [0.05, 0.1) is 60.7 Å². The van der Waals surface area contributed by atoms with E-state index in [0.717, 1.165) is 24.1 Å². The zero-order chi connectivity index (χ0) is 54.3. The van der Waals surface area contributed by atoms with Crippen LogP contribution in [0, 0.1) is 79.3 Å². The third-order valence-corrected chi connectivity index (χ3v) is 23.8. The number of carboxylic acid groups (broad SMARTS) is 1. The molecule has 5 saturated carbocycles. The van der Waals surface area contributed by atoms with E-state index in [4.69, 9.17) is 15.2 Å². The van der Waals surface area contributed by atoms with Gasteiger partial charge in [-0.15, -0.1) is 0 Å². The number of aromatic amines is 2. The van der Waals surface area contributed by atoms with Crippen molar-refractivity contribution in [3.05, 3.63) is 41.9 Å². The van der Waals surface area contributed by atoms with Crippen molar-refractivity contribution in [1.29, 1.82) is 0 Å². The van der Waals surface area contributed by atoms with E-state index in [9.17, 15) is 55.5 Å². The fourth-order valence-corrected chi connectivity index (χ4v) is 19.8. The summed E-state index contributed by atoms with van der Waals surface area (Å²) >= 11 is 0. The molecular formula is C56H85N7O13. The number of nitrogens with one attached hydrogen (secondary N) is 4. The summed E-state index contributed by atoms with van der Waals surface area (Å²) in [5.74, 6) is -3.78. The molecule has 20 heteroatoms. The van der Waals surface area contributed by atoms with E-state index < -0.39 is 129 Å². The molecule has 2 aromatic heterocycles. The molecule has 3 aliphatic heterocycles. The minimum Gasteiger partial charge on any atom is -0.481 e. The molecule has 0 radical (unpaired) electrons. The molecule has 0 bridgehead atoms. The van der Waals surface area contributed by atoms with Crippen LogP contribution >= 0.6 is 0 Å². The van der Waals surface area contributed by atoms with Gasteiger partial charge in [-0.2, -0.15) is 0 Å². The first-order chi connectivity index (χ1) is 36.0. The Morgan fingerprint density at radius 2 is 1.67 bits per heavy atom. The number of fused-ring (bicyclic) bond motifs is 11. The molecule has 1 spiro atoms. The number of aliphatic carboxylic acids is 1. The molecule has 422 valence electrons. The lowest BCUT2D eigenvalue weighted by Crippen LogP contribution is -2.74. The fraction of sp³-hybridized carbons (Fsp3) is 0.821. The van der Waals surface area contributed by atoms with Crippen LogP contribution in [-0.2, 0) is 25.5 Å². The largest absolute Gasteiger partial charge is 0.481 e. The predicted octanol–water partition coefficient (Wildman–Crippen LogP) is 2.28. The quantitative estimate of drug-likeness (QED) is 0.0824. The van der Waals surface area contributed by atoms with E-state index >= 15 is 0 Å². The number of ether oxygens (including phenoxy) is 2. The highest BCUT2D eigenvalue weighted by molar-refractivity contribution is 5.86. The van der Waals surface area contributed by atoms with Gasteiger partial charge in [-0.1, -0.05) is 59.1 Å². The fourth-order valence-electron chi connectivity index (χ4n) is 19.8. The smallest absolute Gasteiger partial charge is 0.310 e. The molecule has 7 fully saturated rings. The molecular weight excluding hydrogens is 979 g/mol. The Balaban J connectivity index is 1.10. The van der Waals surface area contributed by atoms with Gasteiger partial charge >= 0.3 is 5.97 Å². The second kappa shape index (κ2) is 19.1. The van der Waals surface area contributed by atoms with Crippen molar-refractivity contribution in [2.45, 2.75) is 179 Å². The molecule has 23 unspecified atom stereocenters. The summed E-state index contributed by atoms with van der Waals surface area (Å²) < 4.78 is 12.7. The summed E-state index contributed by atoms with van der Waals surface area (Å²) in [6.45, 7) is 10.6. The maximum absolute atomic E-state index is 15.0. The molecule has 11 rings (SSSR count). The van der Waals surface area contributed by atoms with Crippen LogP contribution in [0.25, 0.3) is 0 Å². The van der Waals surface area contributed by atoms with Crippen LogP contribution in [0.5, 0.6) is 0 Å². The van der Waals surface area contributed by atoms with E-state index in [1.165, 1.54) is 6.33 Å². The molecule has 20 nitrogen and oxygen atoms in total. The number of rotatable bonds is 12. The van der Waals surface area contributed by atoms with Gasteiger partial charge in [0.2, 0.25) is 5.91 Å². The highest BCUT2D eigenvalue weighted by atomic mass is 16.7. The van der Waals surface area contributed by atoms with E-state index in [0.29, 0.717) is 75.8 Å². The van der Waals surface area contributed by atoms with Crippen LogP contribution in [0.15, 0.2) is 30.5 Å². The third-order valence-electron chi connectivity index (χ3n) is 23.8. The SMILES string of the molecule is CC1(CO)CCC2(C(=O)O)C(C1)C1=CCC3C4(C)C(CC5C(C(c6cnc[nH]6)C(O)CC(N)O)NC(=O)C56CCCC6)C(O)C(OC5OCC(O)C(O)C5O)C(C)(CO)C4CCC3(C)C1(C)C1Cc3[nH]cnc3NCC12. The van der Waals surface area contributed by atoms with Crippen LogP contribution in [0.2, 0.25) is 0 Å². The lowest BCUT2D eigenvalue weighted by molar-refractivity contribution is -0.341. The molecule has 76 heavy (non-hydrogen) atoms. The number of aliphatic hydroxyl groups is 8. The first-order valence-corrected chi connectivity index (χ1v) is 28.3. The van der Waals surface area contributed by atoms with E-state index in [-0.39, 0.29) is 55.6 Å². The Labute approximate surface area is 444 Å². The van der Waals surface area contributed by atoms with Crippen LogP contribution in [-0.4, -0.2) is 159 Å². The summed E-state index contributed by atoms with van der Waals surface area (Å²) in [7, 11) is 0. The number of carbonyl (C=O) groups is 2. The van der Waals surface area contributed by atoms with Crippen molar-refractivity contribution in [3.63, 3.8) is 0 Å².